The third kappa shape index (κ3) is 3.74. The quantitative estimate of drug-likeness (QED) is 0.939. The highest BCUT2D eigenvalue weighted by Crippen LogP contribution is 2.18. The van der Waals surface area contributed by atoms with Crippen molar-refractivity contribution < 1.29 is 8.60 Å². The minimum absolute atomic E-state index is 0.284. The first-order chi connectivity index (χ1) is 9.45. The summed E-state index contributed by atoms with van der Waals surface area (Å²) >= 11 is 0. The zero-order chi connectivity index (χ0) is 14.7. The van der Waals surface area contributed by atoms with Gasteiger partial charge in [0.1, 0.15) is 5.82 Å². The van der Waals surface area contributed by atoms with E-state index in [0.29, 0.717) is 4.90 Å². The van der Waals surface area contributed by atoms with Crippen molar-refractivity contribution in [3.8, 4) is 0 Å². The third-order valence-corrected chi connectivity index (χ3v) is 4.50. The van der Waals surface area contributed by atoms with Crippen molar-refractivity contribution in [1.82, 2.24) is 0 Å². The van der Waals surface area contributed by atoms with Crippen LogP contribution in [0.3, 0.4) is 0 Å². The van der Waals surface area contributed by atoms with Crippen molar-refractivity contribution in [2.45, 2.75) is 24.8 Å². The molecule has 2 nitrogen and oxygen atoms in total. The van der Waals surface area contributed by atoms with E-state index in [1.54, 1.807) is 12.1 Å². The standard InChI is InChI=1S/C16H18FNOS/c1-11-6-12(2)8-13(7-11)16(18)10-20(19)15-5-3-4-14(17)9-15/h3-9,16H,10,18H2,1-2H3. The van der Waals surface area contributed by atoms with E-state index in [2.05, 4.69) is 6.07 Å². The van der Waals surface area contributed by atoms with E-state index in [4.69, 9.17) is 5.73 Å². The van der Waals surface area contributed by atoms with Gasteiger partial charge in [0.05, 0.1) is 10.8 Å². The normalized spacial score (nSPS) is 14.0. The van der Waals surface area contributed by atoms with Gasteiger partial charge in [0.15, 0.2) is 0 Å². The van der Waals surface area contributed by atoms with Crippen molar-refractivity contribution in [3.63, 3.8) is 0 Å². The smallest absolute Gasteiger partial charge is 0.124 e. The summed E-state index contributed by atoms with van der Waals surface area (Å²) in [5, 5.41) is 0. The molecule has 0 aliphatic carbocycles. The van der Waals surface area contributed by atoms with Gasteiger partial charge in [-0.1, -0.05) is 35.4 Å². The van der Waals surface area contributed by atoms with Gasteiger partial charge in [0.25, 0.3) is 0 Å². The SMILES string of the molecule is Cc1cc(C)cc(C(N)CS(=O)c2cccc(F)c2)c1. The number of halogens is 1. The zero-order valence-corrected chi connectivity index (χ0v) is 12.4. The molecule has 106 valence electrons. The van der Waals surface area contributed by atoms with Gasteiger partial charge in [-0.2, -0.15) is 0 Å². The molecule has 0 aromatic heterocycles. The highest BCUT2D eigenvalue weighted by atomic mass is 32.2. The minimum atomic E-state index is -1.30. The Morgan fingerprint density at radius 3 is 2.40 bits per heavy atom. The van der Waals surface area contributed by atoms with Crippen LogP contribution in [0.25, 0.3) is 0 Å². The van der Waals surface area contributed by atoms with E-state index in [-0.39, 0.29) is 17.6 Å². The van der Waals surface area contributed by atoms with E-state index in [1.807, 2.05) is 26.0 Å². The van der Waals surface area contributed by atoms with Crippen molar-refractivity contribution in [2.75, 3.05) is 5.75 Å². The molecule has 0 radical (unpaired) electrons. The number of rotatable bonds is 4. The summed E-state index contributed by atoms with van der Waals surface area (Å²) in [7, 11) is -1.30. The first-order valence-electron chi connectivity index (χ1n) is 6.43. The Hall–Kier alpha value is -1.52. The summed E-state index contributed by atoms with van der Waals surface area (Å²) in [5.74, 6) is -0.0948. The summed E-state index contributed by atoms with van der Waals surface area (Å²) in [6, 6.07) is 11.6. The molecule has 0 heterocycles. The molecular formula is C16H18FNOS. The lowest BCUT2D eigenvalue weighted by atomic mass is 10.0. The van der Waals surface area contributed by atoms with Crippen LogP contribution in [-0.2, 0) is 10.8 Å². The Morgan fingerprint density at radius 2 is 1.80 bits per heavy atom. The van der Waals surface area contributed by atoms with Crippen molar-refractivity contribution in [2.24, 2.45) is 5.73 Å². The molecule has 0 bridgehead atoms. The van der Waals surface area contributed by atoms with Crippen LogP contribution in [-0.4, -0.2) is 9.96 Å². The highest BCUT2D eigenvalue weighted by molar-refractivity contribution is 7.85. The van der Waals surface area contributed by atoms with E-state index >= 15 is 0 Å². The molecule has 2 unspecified atom stereocenters. The van der Waals surface area contributed by atoms with E-state index < -0.39 is 10.8 Å². The van der Waals surface area contributed by atoms with Crippen LogP contribution in [0.15, 0.2) is 47.4 Å². The molecule has 2 N–H and O–H groups in total. The maximum absolute atomic E-state index is 13.1. The van der Waals surface area contributed by atoms with Crippen molar-refractivity contribution in [1.29, 1.82) is 0 Å². The summed E-state index contributed by atoms with van der Waals surface area (Å²) in [4.78, 5) is 0.477. The number of benzene rings is 2. The Labute approximate surface area is 121 Å². The molecule has 0 fully saturated rings. The van der Waals surface area contributed by atoms with Crippen LogP contribution in [0.2, 0.25) is 0 Å². The number of aryl methyl sites for hydroxylation is 2. The van der Waals surface area contributed by atoms with Crippen LogP contribution in [0.5, 0.6) is 0 Å². The fraction of sp³-hybridized carbons (Fsp3) is 0.250. The first-order valence-corrected chi connectivity index (χ1v) is 7.75. The molecule has 2 rings (SSSR count). The highest BCUT2D eigenvalue weighted by Gasteiger charge is 2.13. The lowest BCUT2D eigenvalue weighted by molar-refractivity contribution is 0.622. The second-order valence-electron chi connectivity index (χ2n) is 5.00. The average Bonchev–Trinajstić information content (AvgIpc) is 2.37. The summed E-state index contributed by atoms with van der Waals surface area (Å²) < 4.78 is 25.3. The Morgan fingerprint density at radius 1 is 1.15 bits per heavy atom. The Balaban J connectivity index is 2.15. The van der Waals surface area contributed by atoms with Gasteiger partial charge in [-0.15, -0.1) is 0 Å². The van der Waals surface area contributed by atoms with Gasteiger partial charge in [-0.05, 0) is 37.6 Å². The maximum Gasteiger partial charge on any atom is 0.124 e. The van der Waals surface area contributed by atoms with Gasteiger partial charge < -0.3 is 5.73 Å². The summed E-state index contributed by atoms with van der Waals surface area (Å²) in [5.41, 5.74) is 9.35. The predicted octanol–water partition coefficient (Wildman–Crippen LogP) is 3.25. The Bertz CT molecular complexity index is 622. The van der Waals surface area contributed by atoms with E-state index in [9.17, 15) is 8.60 Å². The molecule has 0 spiro atoms. The molecule has 0 saturated carbocycles. The molecule has 0 amide bonds. The van der Waals surface area contributed by atoms with E-state index in [0.717, 1.165) is 16.7 Å². The van der Waals surface area contributed by atoms with Crippen LogP contribution in [0.4, 0.5) is 4.39 Å². The third-order valence-electron chi connectivity index (χ3n) is 3.06. The van der Waals surface area contributed by atoms with Crippen LogP contribution >= 0.6 is 0 Å². The second kappa shape index (κ2) is 6.29. The molecule has 20 heavy (non-hydrogen) atoms. The fourth-order valence-corrected chi connectivity index (χ4v) is 3.37. The zero-order valence-electron chi connectivity index (χ0n) is 11.6. The first kappa shape index (κ1) is 14.9. The predicted molar refractivity (Wildman–Crippen MR) is 80.5 cm³/mol. The summed E-state index contributed by atoms with van der Waals surface area (Å²) in [6.45, 7) is 4.01. The number of nitrogens with two attached hydrogens (primary N) is 1. The minimum Gasteiger partial charge on any atom is -0.323 e. The van der Waals surface area contributed by atoms with Crippen LogP contribution < -0.4 is 5.73 Å². The van der Waals surface area contributed by atoms with Gasteiger partial charge in [0, 0.05) is 16.7 Å². The van der Waals surface area contributed by atoms with Crippen LogP contribution in [0.1, 0.15) is 22.7 Å². The van der Waals surface area contributed by atoms with Crippen molar-refractivity contribution in [3.05, 3.63) is 65.0 Å². The molecule has 0 aliphatic rings. The van der Waals surface area contributed by atoms with Crippen molar-refractivity contribution >= 4 is 10.8 Å². The second-order valence-corrected chi connectivity index (χ2v) is 6.49. The molecule has 0 saturated heterocycles. The fourth-order valence-electron chi connectivity index (χ4n) is 2.19. The monoisotopic (exact) mass is 291 g/mol. The largest absolute Gasteiger partial charge is 0.323 e. The average molecular weight is 291 g/mol. The lowest BCUT2D eigenvalue weighted by Gasteiger charge is -2.13. The molecular weight excluding hydrogens is 273 g/mol. The number of hydrogen-bond donors (Lipinski definition) is 1. The van der Waals surface area contributed by atoms with Gasteiger partial charge in [-0.25, -0.2) is 4.39 Å². The molecule has 2 aromatic carbocycles. The number of hydrogen-bond acceptors (Lipinski definition) is 2. The molecule has 2 atom stereocenters. The summed E-state index contributed by atoms with van der Waals surface area (Å²) in [6.07, 6.45) is 0. The molecule has 2 aromatic rings. The van der Waals surface area contributed by atoms with Crippen LogP contribution in [0, 0.1) is 19.7 Å². The molecule has 0 aliphatic heterocycles. The maximum atomic E-state index is 13.1. The van der Waals surface area contributed by atoms with E-state index in [1.165, 1.54) is 12.1 Å². The topological polar surface area (TPSA) is 43.1 Å². The Kier molecular flexibility index (Phi) is 4.68. The lowest BCUT2D eigenvalue weighted by Crippen LogP contribution is -2.18. The van der Waals surface area contributed by atoms with Gasteiger partial charge in [-0.3, -0.25) is 4.21 Å². The van der Waals surface area contributed by atoms with Gasteiger partial charge in [0.2, 0.25) is 0 Å². The van der Waals surface area contributed by atoms with Gasteiger partial charge >= 0.3 is 0 Å². The molecule has 4 heteroatoms.